The Bertz CT molecular complexity index is 507. The zero-order valence-corrected chi connectivity index (χ0v) is 10.8. The number of aryl methyl sites for hydroxylation is 2. The maximum atomic E-state index is 6.05. The first-order chi connectivity index (χ1) is 8.22. The van der Waals surface area contributed by atoms with Gasteiger partial charge in [0.2, 0.25) is 5.28 Å². The molecule has 0 aliphatic heterocycles. The van der Waals surface area contributed by atoms with E-state index in [-0.39, 0.29) is 0 Å². The van der Waals surface area contributed by atoms with Crippen molar-refractivity contribution >= 4 is 11.6 Å². The molecule has 0 saturated heterocycles. The molecule has 0 spiro atoms. The zero-order valence-electron chi connectivity index (χ0n) is 10.0. The van der Waals surface area contributed by atoms with Crippen LogP contribution in [0, 0.1) is 6.92 Å². The van der Waals surface area contributed by atoms with E-state index in [1.165, 1.54) is 5.56 Å². The predicted octanol–water partition coefficient (Wildman–Crippen LogP) is 2.64. The Morgan fingerprint density at radius 3 is 2.88 bits per heavy atom. The van der Waals surface area contributed by atoms with Gasteiger partial charge < -0.3 is 0 Å². The number of halogens is 1. The molecule has 2 heterocycles. The summed E-state index contributed by atoms with van der Waals surface area (Å²) in [4.78, 5) is 4.13. The third-order valence-electron chi connectivity index (χ3n) is 2.73. The normalized spacial score (nSPS) is 10.8. The molecule has 2 aromatic rings. The maximum absolute atomic E-state index is 6.05. The van der Waals surface area contributed by atoms with E-state index in [1.807, 2.05) is 16.8 Å². The van der Waals surface area contributed by atoms with Gasteiger partial charge in [0.15, 0.2) is 0 Å². The summed E-state index contributed by atoms with van der Waals surface area (Å²) in [5.74, 6) is 0.931. The van der Waals surface area contributed by atoms with Crippen LogP contribution in [0.4, 0.5) is 0 Å². The lowest BCUT2D eigenvalue weighted by Crippen LogP contribution is -2.07. The summed E-state index contributed by atoms with van der Waals surface area (Å²) >= 11 is 6.05. The van der Waals surface area contributed by atoms with Crippen molar-refractivity contribution in [1.29, 1.82) is 0 Å². The third-order valence-corrected chi connectivity index (χ3v) is 3.01. The van der Waals surface area contributed by atoms with Crippen LogP contribution in [-0.4, -0.2) is 19.7 Å². The van der Waals surface area contributed by atoms with E-state index in [4.69, 9.17) is 11.6 Å². The third kappa shape index (κ3) is 2.64. The first kappa shape index (κ1) is 12.0. The summed E-state index contributed by atoms with van der Waals surface area (Å²) in [5.41, 5.74) is 2.35. The van der Waals surface area contributed by atoms with E-state index in [2.05, 4.69) is 29.0 Å². The molecule has 0 bridgehead atoms. The first-order valence-corrected chi connectivity index (χ1v) is 6.07. The molecule has 0 aliphatic carbocycles. The molecule has 0 amide bonds. The molecule has 90 valence electrons. The second kappa shape index (κ2) is 5.27. The maximum Gasteiger partial charge on any atom is 0.225 e. The lowest BCUT2D eigenvalue weighted by atomic mass is 10.1. The SMILES string of the molecule is CCCc1nnc(Cl)n1Cc1cnccc1C. The van der Waals surface area contributed by atoms with Gasteiger partial charge in [0.25, 0.3) is 0 Å². The molecule has 0 unspecified atom stereocenters. The lowest BCUT2D eigenvalue weighted by molar-refractivity contribution is 0.701. The Kier molecular flexibility index (Phi) is 3.74. The highest BCUT2D eigenvalue weighted by atomic mass is 35.5. The van der Waals surface area contributed by atoms with E-state index in [9.17, 15) is 0 Å². The Balaban J connectivity index is 2.29. The van der Waals surface area contributed by atoms with Gasteiger partial charge in [-0.2, -0.15) is 0 Å². The van der Waals surface area contributed by atoms with E-state index < -0.39 is 0 Å². The summed E-state index contributed by atoms with van der Waals surface area (Å²) in [7, 11) is 0. The second-order valence-electron chi connectivity index (χ2n) is 4.02. The van der Waals surface area contributed by atoms with Crippen molar-refractivity contribution in [2.45, 2.75) is 33.2 Å². The van der Waals surface area contributed by atoms with Crippen molar-refractivity contribution < 1.29 is 0 Å². The van der Waals surface area contributed by atoms with Crippen LogP contribution >= 0.6 is 11.6 Å². The highest BCUT2D eigenvalue weighted by molar-refractivity contribution is 6.28. The average molecular weight is 251 g/mol. The van der Waals surface area contributed by atoms with Crippen molar-refractivity contribution in [3.05, 3.63) is 40.7 Å². The van der Waals surface area contributed by atoms with Crippen LogP contribution in [0.25, 0.3) is 0 Å². The van der Waals surface area contributed by atoms with Crippen LogP contribution < -0.4 is 0 Å². The second-order valence-corrected chi connectivity index (χ2v) is 4.36. The first-order valence-electron chi connectivity index (χ1n) is 5.69. The predicted molar refractivity (Wildman–Crippen MR) is 67.1 cm³/mol. The molecule has 5 heteroatoms. The highest BCUT2D eigenvalue weighted by Crippen LogP contribution is 2.14. The fourth-order valence-electron chi connectivity index (χ4n) is 1.71. The molecule has 2 rings (SSSR count). The molecule has 0 atom stereocenters. The monoisotopic (exact) mass is 250 g/mol. The van der Waals surface area contributed by atoms with Gasteiger partial charge in [-0.25, -0.2) is 0 Å². The molecule has 0 aromatic carbocycles. The molecule has 0 aliphatic rings. The molecule has 0 N–H and O–H groups in total. The summed E-state index contributed by atoms with van der Waals surface area (Å²) < 4.78 is 1.94. The molecular weight excluding hydrogens is 236 g/mol. The zero-order chi connectivity index (χ0) is 12.3. The fourth-order valence-corrected chi connectivity index (χ4v) is 1.91. The van der Waals surface area contributed by atoms with Crippen molar-refractivity contribution in [3.8, 4) is 0 Å². The minimum atomic E-state index is 0.441. The topological polar surface area (TPSA) is 43.6 Å². The minimum Gasteiger partial charge on any atom is -0.297 e. The van der Waals surface area contributed by atoms with E-state index in [0.29, 0.717) is 11.8 Å². The number of nitrogens with zero attached hydrogens (tertiary/aromatic N) is 4. The summed E-state index contributed by atoms with van der Waals surface area (Å²) in [6.45, 7) is 4.86. The van der Waals surface area contributed by atoms with Crippen molar-refractivity contribution in [3.63, 3.8) is 0 Å². The van der Waals surface area contributed by atoms with Crippen LogP contribution in [0.2, 0.25) is 5.28 Å². The Morgan fingerprint density at radius 1 is 1.35 bits per heavy atom. The lowest BCUT2D eigenvalue weighted by Gasteiger charge is -2.09. The molecule has 0 radical (unpaired) electrons. The molecule has 2 aromatic heterocycles. The van der Waals surface area contributed by atoms with Crippen LogP contribution in [0.15, 0.2) is 18.5 Å². The van der Waals surface area contributed by atoms with Gasteiger partial charge >= 0.3 is 0 Å². The van der Waals surface area contributed by atoms with Crippen LogP contribution in [-0.2, 0) is 13.0 Å². The van der Waals surface area contributed by atoms with E-state index in [1.54, 1.807) is 6.20 Å². The van der Waals surface area contributed by atoms with Gasteiger partial charge in [0.1, 0.15) is 5.82 Å². The van der Waals surface area contributed by atoms with Gasteiger partial charge in [0, 0.05) is 18.8 Å². The standard InChI is InChI=1S/C12H15ClN4/c1-3-4-11-15-16-12(13)17(11)8-10-7-14-6-5-9(10)2/h5-7H,3-4,8H2,1-2H3. The number of hydrogen-bond acceptors (Lipinski definition) is 3. The molecule has 4 nitrogen and oxygen atoms in total. The Labute approximate surface area is 106 Å². The Hall–Kier alpha value is -1.42. The van der Waals surface area contributed by atoms with Crippen molar-refractivity contribution in [1.82, 2.24) is 19.7 Å². The van der Waals surface area contributed by atoms with Crippen molar-refractivity contribution in [2.24, 2.45) is 0 Å². The fraction of sp³-hybridized carbons (Fsp3) is 0.417. The van der Waals surface area contributed by atoms with Crippen molar-refractivity contribution in [2.75, 3.05) is 0 Å². The molecule has 0 fully saturated rings. The van der Waals surface area contributed by atoms with Crippen LogP contribution in [0.1, 0.15) is 30.3 Å². The van der Waals surface area contributed by atoms with E-state index in [0.717, 1.165) is 24.2 Å². The number of pyridine rings is 1. The van der Waals surface area contributed by atoms with E-state index >= 15 is 0 Å². The van der Waals surface area contributed by atoms with Gasteiger partial charge in [-0.1, -0.05) is 6.92 Å². The van der Waals surface area contributed by atoms with Gasteiger partial charge in [-0.05, 0) is 42.1 Å². The molecule has 17 heavy (non-hydrogen) atoms. The van der Waals surface area contributed by atoms with Gasteiger partial charge in [0.05, 0.1) is 6.54 Å². The summed E-state index contributed by atoms with van der Waals surface area (Å²) in [6, 6.07) is 1.99. The smallest absolute Gasteiger partial charge is 0.225 e. The Morgan fingerprint density at radius 2 is 2.18 bits per heavy atom. The van der Waals surface area contributed by atoms with Gasteiger partial charge in [-0.3, -0.25) is 9.55 Å². The van der Waals surface area contributed by atoms with Crippen LogP contribution in [0.3, 0.4) is 0 Å². The number of rotatable bonds is 4. The number of aromatic nitrogens is 4. The summed E-state index contributed by atoms with van der Waals surface area (Å²) in [6.07, 6.45) is 5.57. The van der Waals surface area contributed by atoms with Crippen LogP contribution in [0.5, 0.6) is 0 Å². The highest BCUT2D eigenvalue weighted by Gasteiger charge is 2.10. The summed E-state index contributed by atoms with van der Waals surface area (Å²) in [5, 5.41) is 8.45. The van der Waals surface area contributed by atoms with Gasteiger partial charge in [-0.15, -0.1) is 10.2 Å². The molecular formula is C12H15ClN4. The molecule has 0 saturated carbocycles. The average Bonchev–Trinajstić information content (AvgIpc) is 2.65. The minimum absolute atomic E-state index is 0.441. The number of hydrogen-bond donors (Lipinski definition) is 0. The quantitative estimate of drug-likeness (QED) is 0.838. The largest absolute Gasteiger partial charge is 0.297 e.